The molecule has 47 valence electrons. The summed E-state index contributed by atoms with van der Waals surface area (Å²) in [6.07, 6.45) is 1.15. The SMILES string of the molecule is CC(C)C[CH](C)[Zr]=[O]. The summed E-state index contributed by atoms with van der Waals surface area (Å²) in [5.74, 6) is 0.722. The summed E-state index contributed by atoms with van der Waals surface area (Å²) in [4.78, 5) is 0. The topological polar surface area (TPSA) is 17.1 Å². The van der Waals surface area contributed by atoms with E-state index < -0.39 is 23.2 Å². The van der Waals surface area contributed by atoms with Crippen molar-refractivity contribution in [1.82, 2.24) is 0 Å². The fourth-order valence-electron chi connectivity index (χ4n) is 0.755. The average Bonchev–Trinajstić information content (AvgIpc) is 1.65. The number of hydrogen-bond acceptors (Lipinski definition) is 1. The van der Waals surface area contributed by atoms with Gasteiger partial charge in [0.05, 0.1) is 0 Å². The Labute approximate surface area is 62.9 Å². The Balaban J connectivity index is 3.23. The van der Waals surface area contributed by atoms with Crippen molar-refractivity contribution in [2.24, 2.45) is 5.92 Å². The quantitative estimate of drug-likeness (QED) is 0.670. The minimum absolute atomic E-state index is 0.540. The van der Waals surface area contributed by atoms with Crippen molar-refractivity contribution < 1.29 is 26.1 Å². The Morgan fingerprint density at radius 3 is 2.00 bits per heavy atom. The third kappa shape index (κ3) is 4.83. The van der Waals surface area contributed by atoms with Gasteiger partial charge < -0.3 is 0 Å². The van der Waals surface area contributed by atoms with Crippen molar-refractivity contribution in [2.75, 3.05) is 0 Å². The van der Waals surface area contributed by atoms with E-state index in [4.69, 9.17) is 0 Å². The van der Waals surface area contributed by atoms with Crippen LogP contribution in [-0.4, -0.2) is 0 Å². The normalized spacial score (nSPS) is 13.5. The second kappa shape index (κ2) is 4.55. The van der Waals surface area contributed by atoms with Gasteiger partial charge in [-0.3, -0.25) is 0 Å². The van der Waals surface area contributed by atoms with Gasteiger partial charge in [0.15, 0.2) is 0 Å². The first-order chi connectivity index (χ1) is 3.66. The van der Waals surface area contributed by atoms with Gasteiger partial charge in [0.25, 0.3) is 0 Å². The maximum absolute atomic E-state index is 10.3. The fraction of sp³-hybridized carbons (Fsp3) is 1.00. The van der Waals surface area contributed by atoms with Crippen molar-refractivity contribution in [1.29, 1.82) is 0 Å². The summed E-state index contributed by atoms with van der Waals surface area (Å²) in [5.41, 5.74) is 0. The Morgan fingerprint density at radius 1 is 1.38 bits per heavy atom. The molecule has 0 aliphatic carbocycles. The first-order valence-corrected chi connectivity index (χ1v) is 5.46. The molecule has 8 heavy (non-hydrogen) atoms. The molecule has 0 rings (SSSR count). The molecule has 0 radical (unpaired) electrons. The van der Waals surface area contributed by atoms with Crippen LogP contribution in [0.25, 0.3) is 0 Å². The summed E-state index contributed by atoms with van der Waals surface area (Å²) in [7, 11) is 0. The van der Waals surface area contributed by atoms with Crippen LogP contribution in [0.1, 0.15) is 27.2 Å². The molecule has 0 amide bonds. The molecule has 2 heteroatoms. The van der Waals surface area contributed by atoms with E-state index in [1.807, 2.05) is 0 Å². The molecule has 0 saturated carbocycles. The van der Waals surface area contributed by atoms with Crippen molar-refractivity contribution >= 4 is 0 Å². The molecular weight excluding hydrogens is 179 g/mol. The van der Waals surface area contributed by atoms with Crippen LogP contribution in [-0.2, 0) is 26.1 Å². The van der Waals surface area contributed by atoms with Gasteiger partial charge in [-0.05, 0) is 0 Å². The Hall–Kier alpha value is 0.683. The molecule has 0 fully saturated rings. The van der Waals surface area contributed by atoms with Gasteiger partial charge in [0.1, 0.15) is 0 Å². The summed E-state index contributed by atoms with van der Waals surface area (Å²) < 4.78 is 10.9. The van der Waals surface area contributed by atoms with Gasteiger partial charge in [-0.2, -0.15) is 0 Å². The molecule has 0 aliphatic rings. The molecule has 0 aromatic carbocycles. The Bertz CT molecular complexity index is 70.9. The molecule has 1 unspecified atom stereocenters. The standard InChI is InChI=1S/C6H13.O.Zr/c1-4-5-6(2)3;;/h4,6H,5H2,1-3H3;;. The van der Waals surface area contributed by atoms with E-state index in [2.05, 4.69) is 20.8 Å². The van der Waals surface area contributed by atoms with E-state index in [1.54, 1.807) is 0 Å². The molecule has 1 nitrogen and oxygen atoms in total. The van der Waals surface area contributed by atoms with Crippen LogP contribution in [0.5, 0.6) is 0 Å². The molecule has 0 spiro atoms. The maximum atomic E-state index is 10.3. The summed E-state index contributed by atoms with van der Waals surface area (Å²) in [5, 5.41) is 0. The zero-order chi connectivity index (χ0) is 6.57. The van der Waals surface area contributed by atoms with E-state index in [0.29, 0.717) is 3.63 Å². The summed E-state index contributed by atoms with van der Waals surface area (Å²) >= 11 is -1.19. The van der Waals surface area contributed by atoms with E-state index in [0.717, 1.165) is 12.3 Å². The zero-order valence-electron chi connectivity index (χ0n) is 5.77. The van der Waals surface area contributed by atoms with Crippen molar-refractivity contribution in [3.05, 3.63) is 0 Å². The van der Waals surface area contributed by atoms with Gasteiger partial charge in [-0.25, -0.2) is 0 Å². The van der Waals surface area contributed by atoms with Crippen molar-refractivity contribution in [3.63, 3.8) is 0 Å². The van der Waals surface area contributed by atoms with Gasteiger partial charge in [0.2, 0.25) is 0 Å². The molecular formula is C6H13OZr. The number of hydrogen-bond donors (Lipinski definition) is 0. The van der Waals surface area contributed by atoms with Gasteiger partial charge in [0, 0.05) is 0 Å². The predicted octanol–water partition coefficient (Wildman–Crippen LogP) is 2.27. The van der Waals surface area contributed by atoms with Gasteiger partial charge >= 0.3 is 62.8 Å². The van der Waals surface area contributed by atoms with Crippen molar-refractivity contribution in [3.8, 4) is 0 Å². The third-order valence-electron chi connectivity index (χ3n) is 1.03. The van der Waals surface area contributed by atoms with E-state index in [1.165, 1.54) is 0 Å². The molecule has 0 heterocycles. The first kappa shape index (κ1) is 8.68. The molecule has 0 aromatic heterocycles. The van der Waals surface area contributed by atoms with E-state index in [9.17, 15) is 2.81 Å². The van der Waals surface area contributed by atoms with E-state index in [-0.39, 0.29) is 0 Å². The Kier molecular flexibility index (Phi) is 4.94. The minimum atomic E-state index is -1.19. The molecule has 1 atom stereocenters. The van der Waals surface area contributed by atoms with Gasteiger partial charge in [-0.15, -0.1) is 0 Å². The second-order valence-electron chi connectivity index (χ2n) is 2.65. The molecule has 0 N–H and O–H groups in total. The summed E-state index contributed by atoms with van der Waals surface area (Å²) in [6.45, 7) is 6.43. The van der Waals surface area contributed by atoms with Crippen LogP contribution >= 0.6 is 0 Å². The predicted molar refractivity (Wildman–Crippen MR) is 29.6 cm³/mol. The van der Waals surface area contributed by atoms with Crippen LogP contribution in [0, 0.1) is 5.92 Å². The fourth-order valence-corrected chi connectivity index (χ4v) is 2.15. The monoisotopic (exact) mass is 191 g/mol. The van der Waals surface area contributed by atoms with E-state index >= 15 is 0 Å². The molecule has 0 aliphatic heterocycles. The molecule has 0 bridgehead atoms. The molecule has 0 aromatic rings. The molecule has 0 saturated heterocycles. The summed E-state index contributed by atoms with van der Waals surface area (Å²) in [6, 6.07) is 0. The van der Waals surface area contributed by atoms with Crippen LogP contribution in [0.3, 0.4) is 0 Å². The van der Waals surface area contributed by atoms with Crippen LogP contribution in [0.15, 0.2) is 0 Å². The van der Waals surface area contributed by atoms with Crippen LogP contribution in [0.4, 0.5) is 0 Å². The Morgan fingerprint density at radius 2 is 1.88 bits per heavy atom. The van der Waals surface area contributed by atoms with Crippen LogP contribution < -0.4 is 0 Å². The number of rotatable bonds is 3. The first-order valence-electron chi connectivity index (χ1n) is 3.04. The van der Waals surface area contributed by atoms with Crippen molar-refractivity contribution in [2.45, 2.75) is 30.8 Å². The second-order valence-corrected chi connectivity index (χ2v) is 5.65. The van der Waals surface area contributed by atoms with Gasteiger partial charge in [-0.1, -0.05) is 0 Å². The average molecular weight is 192 g/mol. The van der Waals surface area contributed by atoms with Crippen LogP contribution in [0.2, 0.25) is 3.63 Å². The zero-order valence-corrected chi connectivity index (χ0v) is 8.23. The third-order valence-corrected chi connectivity index (χ3v) is 2.59.